The SMILES string of the molecule is OC1OC[C@H]2CCC[C@@H]12. The van der Waals surface area contributed by atoms with Gasteiger partial charge in [-0.15, -0.1) is 0 Å². The minimum atomic E-state index is -0.433. The Bertz CT molecular complexity index is 113. The van der Waals surface area contributed by atoms with Gasteiger partial charge >= 0.3 is 0 Å². The first-order valence-electron chi connectivity index (χ1n) is 3.67. The van der Waals surface area contributed by atoms with Crippen molar-refractivity contribution in [1.82, 2.24) is 0 Å². The maximum atomic E-state index is 9.18. The zero-order valence-electron chi connectivity index (χ0n) is 5.42. The lowest BCUT2D eigenvalue weighted by atomic mass is 10.00. The summed E-state index contributed by atoms with van der Waals surface area (Å²) in [6, 6.07) is 0. The molecule has 0 aromatic carbocycles. The van der Waals surface area contributed by atoms with Crippen LogP contribution in [0.25, 0.3) is 0 Å². The number of aliphatic hydroxyl groups is 1. The Morgan fingerprint density at radius 3 is 3.00 bits per heavy atom. The Hall–Kier alpha value is -0.0800. The summed E-state index contributed by atoms with van der Waals surface area (Å²) in [5.41, 5.74) is 0. The summed E-state index contributed by atoms with van der Waals surface area (Å²) in [7, 11) is 0. The molecule has 3 atom stereocenters. The fourth-order valence-electron chi connectivity index (χ4n) is 1.99. The number of rotatable bonds is 0. The monoisotopic (exact) mass is 128 g/mol. The maximum Gasteiger partial charge on any atom is 0.157 e. The Morgan fingerprint density at radius 1 is 1.33 bits per heavy atom. The molecule has 2 nitrogen and oxygen atoms in total. The Morgan fingerprint density at radius 2 is 2.22 bits per heavy atom. The summed E-state index contributed by atoms with van der Waals surface area (Å²) >= 11 is 0. The molecule has 1 saturated carbocycles. The molecule has 1 unspecified atom stereocenters. The molecule has 1 aliphatic heterocycles. The molecule has 9 heavy (non-hydrogen) atoms. The average molecular weight is 128 g/mol. The van der Waals surface area contributed by atoms with E-state index in [4.69, 9.17) is 4.74 Å². The molecule has 0 bridgehead atoms. The zero-order chi connectivity index (χ0) is 6.27. The molecule has 1 heterocycles. The Kier molecular flexibility index (Phi) is 1.24. The van der Waals surface area contributed by atoms with Gasteiger partial charge in [0.2, 0.25) is 0 Å². The lowest BCUT2D eigenvalue weighted by Crippen LogP contribution is -2.14. The quantitative estimate of drug-likeness (QED) is 0.521. The minimum absolute atomic E-state index is 0.433. The van der Waals surface area contributed by atoms with Crippen molar-refractivity contribution < 1.29 is 9.84 Å². The van der Waals surface area contributed by atoms with E-state index < -0.39 is 6.29 Å². The van der Waals surface area contributed by atoms with Crippen LogP contribution in [0.3, 0.4) is 0 Å². The molecule has 2 aliphatic rings. The summed E-state index contributed by atoms with van der Waals surface area (Å²) in [5, 5.41) is 9.18. The number of hydrogen-bond acceptors (Lipinski definition) is 2. The molecule has 0 radical (unpaired) electrons. The van der Waals surface area contributed by atoms with Crippen LogP contribution in [-0.2, 0) is 4.74 Å². The average Bonchev–Trinajstić information content (AvgIpc) is 2.35. The second kappa shape index (κ2) is 1.96. The molecule has 2 heteroatoms. The van der Waals surface area contributed by atoms with E-state index >= 15 is 0 Å². The van der Waals surface area contributed by atoms with Crippen molar-refractivity contribution in [2.45, 2.75) is 25.6 Å². The minimum Gasteiger partial charge on any atom is -0.368 e. The molecule has 52 valence electrons. The first-order chi connectivity index (χ1) is 4.38. The van der Waals surface area contributed by atoms with Crippen molar-refractivity contribution in [2.24, 2.45) is 11.8 Å². The molecule has 1 aliphatic carbocycles. The van der Waals surface area contributed by atoms with Crippen molar-refractivity contribution in [3.05, 3.63) is 0 Å². The van der Waals surface area contributed by atoms with Gasteiger partial charge in [-0.05, 0) is 18.8 Å². The van der Waals surface area contributed by atoms with Gasteiger partial charge in [-0.25, -0.2) is 0 Å². The van der Waals surface area contributed by atoms with Crippen molar-refractivity contribution in [1.29, 1.82) is 0 Å². The smallest absolute Gasteiger partial charge is 0.157 e. The standard InChI is InChI=1S/C7H12O2/c8-7-6-3-1-2-5(6)4-9-7/h5-8H,1-4H2/t5-,6-,7?/m1/s1. The number of ether oxygens (including phenoxy) is 1. The van der Waals surface area contributed by atoms with Crippen LogP contribution < -0.4 is 0 Å². The lowest BCUT2D eigenvalue weighted by molar-refractivity contribution is -0.0829. The number of aliphatic hydroxyl groups excluding tert-OH is 1. The van der Waals surface area contributed by atoms with E-state index in [2.05, 4.69) is 0 Å². The van der Waals surface area contributed by atoms with Gasteiger partial charge in [-0.2, -0.15) is 0 Å². The highest BCUT2D eigenvalue weighted by atomic mass is 16.6. The Balaban J connectivity index is 2.07. The predicted molar refractivity (Wildman–Crippen MR) is 32.8 cm³/mol. The van der Waals surface area contributed by atoms with Gasteiger partial charge in [0.1, 0.15) is 0 Å². The van der Waals surface area contributed by atoms with Crippen LogP contribution in [0.4, 0.5) is 0 Å². The molecule has 0 spiro atoms. The van der Waals surface area contributed by atoms with Crippen LogP contribution in [0.1, 0.15) is 19.3 Å². The van der Waals surface area contributed by atoms with Crippen LogP contribution in [0.5, 0.6) is 0 Å². The van der Waals surface area contributed by atoms with Crippen LogP contribution >= 0.6 is 0 Å². The van der Waals surface area contributed by atoms with E-state index in [9.17, 15) is 5.11 Å². The fraction of sp³-hybridized carbons (Fsp3) is 1.00. The topological polar surface area (TPSA) is 29.5 Å². The molecule has 0 amide bonds. The third-order valence-electron chi connectivity index (χ3n) is 2.57. The van der Waals surface area contributed by atoms with Gasteiger partial charge in [0.05, 0.1) is 6.61 Å². The molecular formula is C7H12O2. The maximum absolute atomic E-state index is 9.18. The fourth-order valence-corrected chi connectivity index (χ4v) is 1.99. The largest absolute Gasteiger partial charge is 0.368 e. The van der Waals surface area contributed by atoms with E-state index in [0.717, 1.165) is 6.61 Å². The summed E-state index contributed by atoms with van der Waals surface area (Å²) in [4.78, 5) is 0. The molecule has 0 aromatic heterocycles. The van der Waals surface area contributed by atoms with Gasteiger partial charge in [0.25, 0.3) is 0 Å². The van der Waals surface area contributed by atoms with E-state index in [1.807, 2.05) is 0 Å². The van der Waals surface area contributed by atoms with Crippen LogP contribution in [0.2, 0.25) is 0 Å². The highest BCUT2D eigenvalue weighted by Gasteiger charge is 2.38. The lowest BCUT2D eigenvalue weighted by Gasteiger charge is -2.08. The third kappa shape index (κ3) is 0.775. The van der Waals surface area contributed by atoms with Gasteiger partial charge in [0.15, 0.2) is 6.29 Å². The summed E-state index contributed by atoms with van der Waals surface area (Å²) in [6.07, 6.45) is 3.29. The molecule has 2 rings (SSSR count). The highest BCUT2D eigenvalue weighted by Crippen LogP contribution is 2.39. The molecule has 1 N–H and O–H groups in total. The second-order valence-corrected chi connectivity index (χ2v) is 3.08. The van der Waals surface area contributed by atoms with Crippen LogP contribution in [0.15, 0.2) is 0 Å². The molecule has 1 saturated heterocycles. The molecular weight excluding hydrogens is 116 g/mol. The van der Waals surface area contributed by atoms with Gasteiger partial charge in [-0.1, -0.05) is 6.42 Å². The van der Waals surface area contributed by atoms with Crippen molar-refractivity contribution in [3.63, 3.8) is 0 Å². The number of hydrogen-bond donors (Lipinski definition) is 1. The first kappa shape index (κ1) is 5.69. The highest BCUT2D eigenvalue weighted by molar-refractivity contribution is 4.83. The summed E-state index contributed by atoms with van der Waals surface area (Å²) in [5.74, 6) is 1.16. The summed E-state index contributed by atoms with van der Waals surface area (Å²) in [6.45, 7) is 0.797. The Labute approximate surface area is 54.8 Å². The number of fused-ring (bicyclic) bond motifs is 1. The van der Waals surface area contributed by atoms with Gasteiger partial charge in [0, 0.05) is 5.92 Å². The van der Waals surface area contributed by atoms with E-state index in [1.165, 1.54) is 19.3 Å². The predicted octanol–water partition coefficient (Wildman–Crippen LogP) is 0.751. The van der Waals surface area contributed by atoms with Crippen molar-refractivity contribution in [3.8, 4) is 0 Å². The molecule has 0 aromatic rings. The molecule has 2 fully saturated rings. The van der Waals surface area contributed by atoms with Crippen LogP contribution in [0, 0.1) is 11.8 Å². The van der Waals surface area contributed by atoms with E-state index in [1.54, 1.807) is 0 Å². The summed E-state index contributed by atoms with van der Waals surface area (Å²) < 4.78 is 5.08. The third-order valence-corrected chi connectivity index (χ3v) is 2.57. The van der Waals surface area contributed by atoms with Crippen molar-refractivity contribution >= 4 is 0 Å². The van der Waals surface area contributed by atoms with Crippen molar-refractivity contribution in [2.75, 3.05) is 6.61 Å². The normalized spacial score (nSPS) is 49.7. The van der Waals surface area contributed by atoms with E-state index in [-0.39, 0.29) is 0 Å². The van der Waals surface area contributed by atoms with Gasteiger partial charge < -0.3 is 9.84 Å². The first-order valence-corrected chi connectivity index (χ1v) is 3.67. The zero-order valence-corrected chi connectivity index (χ0v) is 5.42. The van der Waals surface area contributed by atoms with E-state index in [0.29, 0.717) is 11.8 Å². The van der Waals surface area contributed by atoms with Crippen LogP contribution in [-0.4, -0.2) is 18.0 Å². The van der Waals surface area contributed by atoms with Gasteiger partial charge in [-0.3, -0.25) is 0 Å². The second-order valence-electron chi connectivity index (χ2n) is 3.08.